The lowest BCUT2D eigenvalue weighted by molar-refractivity contribution is -0.384. The minimum Gasteiger partial charge on any atom is -0.423 e. The highest BCUT2D eigenvalue weighted by Crippen LogP contribution is 2.16. The number of nitro benzene ring substituents is 1. The Kier molecular flexibility index (Phi) is 3.97. The van der Waals surface area contributed by atoms with Crippen LogP contribution in [0.1, 0.15) is 0 Å². The lowest BCUT2D eigenvalue weighted by Crippen LogP contribution is -2.30. The molecule has 0 aliphatic rings. The summed E-state index contributed by atoms with van der Waals surface area (Å²) in [6.45, 7) is 3.23. The van der Waals surface area contributed by atoms with Gasteiger partial charge in [0.05, 0.1) is 4.92 Å². The Hall–Kier alpha value is -2.19. The van der Waals surface area contributed by atoms with Crippen LogP contribution in [0.4, 0.5) is 11.4 Å². The van der Waals surface area contributed by atoms with Crippen molar-refractivity contribution in [2.45, 2.75) is 0 Å². The van der Waals surface area contributed by atoms with E-state index in [1.165, 1.54) is 6.07 Å². The molecule has 0 unspecified atom stereocenters. The summed E-state index contributed by atoms with van der Waals surface area (Å²) < 4.78 is 0. The van der Waals surface area contributed by atoms with Gasteiger partial charge in [-0.05, 0) is 17.6 Å². The molecule has 88 valence electrons. The highest BCUT2D eigenvalue weighted by atomic mass is 16.6. The molecule has 1 amide bonds. The van der Waals surface area contributed by atoms with E-state index in [1.54, 1.807) is 0 Å². The predicted octanol–water partition coefficient (Wildman–Crippen LogP) is -0.601. The second kappa shape index (κ2) is 5.24. The van der Waals surface area contributed by atoms with Gasteiger partial charge in [0.15, 0.2) is 0 Å². The van der Waals surface area contributed by atoms with Crippen molar-refractivity contribution >= 4 is 29.9 Å². The normalized spacial score (nSPS) is 9.53. The first-order chi connectivity index (χ1) is 7.93. The van der Waals surface area contributed by atoms with Gasteiger partial charge < -0.3 is 15.4 Å². The molecule has 0 atom stereocenters. The summed E-state index contributed by atoms with van der Waals surface area (Å²) in [5, 5.41) is 30.8. The average Bonchev–Trinajstić information content (AvgIpc) is 2.28. The summed E-state index contributed by atoms with van der Waals surface area (Å²) in [5.74, 6) is -0.552. The predicted molar refractivity (Wildman–Crippen MR) is 61.7 cm³/mol. The van der Waals surface area contributed by atoms with Gasteiger partial charge in [0.25, 0.3) is 5.69 Å². The van der Waals surface area contributed by atoms with Gasteiger partial charge in [-0.15, -0.1) is 0 Å². The van der Waals surface area contributed by atoms with Crippen molar-refractivity contribution in [2.24, 2.45) is 0 Å². The Labute approximate surface area is 96.7 Å². The number of nitrogens with zero attached hydrogens (tertiary/aromatic N) is 1. The van der Waals surface area contributed by atoms with Crippen LogP contribution in [0.2, 0.25) is 0 Å². The van der Waals surface area contributed by atoms with Crippen LogP contribution in [0.3, 0.4) is 0 Å². The Morgan fingerprint density at radius 1 is 1.47 bits per heavy atom. The van der Waals surface area contributed by atoms with Gasteiger partial charge in [0.2, 0.25) is 5.91 Å². The van der Waals surface area contributed by atoms with Gasteiger partial charge in [-0.3, -0.25) is 14.9 Å². The largest absolute Gasteiger partial charge is 0.488 e. The van der Waals surface area contributed by atoms with E-state index in [1.807, 2.05) is 0 Å². The maximum atomic E-state index is 11.0. The molecule has 8 heteroatoms. The Balaban J connectivity index is 3.16. The third-order valence-electron chi connectivity index (χ3n) is 1.90. The summed E-state index contributed by atoms with van der Waals surface area (Å²) in [4.78, 5) is 20.9. The highest BCUT2D eigenvalue weighted by molar-refractivity contribution is 6.58. The van der Waals surface area contributed by atoms with Gasteiger partial charge >= 0.3 is 7.12 Å². The van der Waals surface area contributed by atoms with Gasteiger partial charge in [-0.25, -0.2) is 0 Å². The first-order valence-electron chi connectivity index (χ1n) is 4.53. The van der Waals surface area contributed by atoms with Crippen LogP contribution >= 0.6 is 0 Å². The molecule has 1 aromatic carbocycles. The molecule has 0 saturated heterocycles. The van der Waals surface area contributed by atoms with Crippen LogP contribution < -0.4 is 10.8 Å². The smallest absolute Gasteiger partial charge is 0.423 e. The van der Waals surface area contributed by atoms with Gasteiger partial charge in [-0.2, -0.15) is 0 Å². The summed E-state index contributed by atoms with van der Waals surface area (Å²) in [7, 11) is -1.85. The van der Waals surface area contributed by atoms with Crippen molar-refractivity contribution < 1.29 is 19.8 Å². The van der Waals surface area contributed by atoms with Crippen molar-refractivity contribution in [3.63, 3.8) is 0 Å². The standard InChI is InChI=1S/C9H9BN2O5/c1-2-9(13)11-7-3-6(10(14)15)4-8(5-7)12(16)17/h2-5,14-15H,1H2,(H,11,13). The second-order valence-corrected chi connectivity index (χ2v) is 3.14. The van der Waals surface area contributed by atoms with Crippen molar-refractivity contribution in [2.75, 3.05) is 5.32 Å². The molecule has 17 heavy (non-hydrogen) atoms. The van der Waals surface area contributed by atoms with Crippen LogP contribution in [-0.2, 0) is 4.79 Å². The lowest BCUT2D eigenvalue weighted by atomic mass is 9.80. The topological polar surface area (TPSA) is 113 Å². The van der Waals surface area contributed by atoms with E-state index in [9.17, 15) is 14.9 Å². The number of nitro groups is 1. The number of rotatable bonds is 4. The van der Waals surface area contributed by atoms with Crippen molar-refractivity contribution in [3.05, 3.63) is 41.0 Å². The number of benzene rings is 1. The fourth-order valence-corrected chi connectivity index (χ4v) is 1.15. The van der Waals surface area contributed by atoms with E-state index >= 15 is 0 Å². The molecule has 0 aromatic heterocycles. The van der Waals surface area contributed by atoms with Crippen LogP contribution in [-0.4, -0.2) is 28.0 Å². The molecule has 0 spiro atoms. The van der Waals surface area contributed by atoms with Crippen molar-refractivity contribution in [3.8, 4) is 0 Å². The summed E-state index contributed by atoms with van der Waals surface area (Å²) in [6.07, 6.45) is 0.994. The first-order valence-corrected chi connectivity index (χ1v) is 4.53. The van der Waals surface area contributed by atoms with Crippen LogP contribution in [0.15, 0.2) is 30.9 Å². The van der Waals surface area contributed by atoms with E-state index in [2.05, 4.69) is 11.9 Å². The molecule has 7 nitrogen and oxygen atoms in total. The zero-order valence-electron chi connectivity index (χ0n) is 8.66. The third kappa shape index (κ3) is 3.40. The van der Waals surface area contributed by atoms with E-state index in [0.717, 1.165) is 18.2 Å². The Bertz CT molecular complexity index is 474. The molecule has 1 rings (SSSR count). The lowest BCUT2D eigenvalue weighted by Gasteiger charge is -2.05. The maximum Gasteiger partial charge on any atom is 0.488 e. The van der Waals surface area contributed by atoms with Crippen LogP contribution in [0.25, 0.3) is 0 Å². The fourth-order valence-electron chi connectivity index (χ4n) is 1.15. The van der Waals surface area contributed by atoms with E-state index in [4.69, 9.17) is 10.0 Å². The molecule has 0 heterocycles. The minimum atomic E-state index is -1.85. The molecule has 0 saturated carbocycles. The van der Waals surface area contributed by atoms with Gasteiger partial charge in [-0.1, -0.05) is 6.58 Å². The van der Waals surface area contributed by atoms with E-state index in [-0.39, 0.29) is 16.8 Å². The molecule has 0 fully saturated rings. The first kappa shape index (κ1) is 12.9. The molecular weight excluding hydrogens is 227 g/mol. The number of hydrogen-bond acceptors (Lipinski definition) is 5. The fraction of sp³-hybridized carbons (Fsp3) is 0. The van der Waals surface area contributed by atoms with Crippen LogP contribution in [0, 0.1) is 10.1 Å². The van der Waals surface area contributed by atoms with Crippen LogP contribution in [0.5, 0.6) is 0 Å². The quantitative estimate of drug-likeness (QED) is 0.279. The molecule has 1 aromatic rings. The monoisotopic (exact) mass is 236 g/mol. The Morgan fingerprint density at radius 3 is 2.59 bits per heavy atom. The van der Waals surface area contributed by atoms with Gasteiger partial charge in [0, 0.05) is 17.8 Å². The summed E-state index contributed by atoms with van der Waals surface area (Å²) in [6, 6.07) is 3.33. The number of amides is 1. The summed E-state index contributed by atoms with van der Waals surface area (Å²) in [5.41, 5.74) is -0.347. The van der Waals surface area contributed by atoms with E-state index in [0.29, 0.717) is 0 Å². The highest BCUT2D eigenvalue weighted by Gasteiger charge is 2.17. The van der Waals surface area contributed by atoms with Crippen molar-refractivity contribution in [1.29, 1.82) is 0 Å². The van der Waals surface area contributed by atoms with Gasteiger partial charge in [0.1, 0.15) is 0 Å². The summed E-state index contributed by atoms with van der Waals surface area (Å²) >= 11 is 0. The number of hydrogen-bond donors (Lipinski definition) is 3. The number of nitrogens with one attached hydrogen (secondary N) is 1. The average molecular weight is 236 g/mol. The third-order valence-corrected chi connectivity index (χ3v) is 1.90. The number of carbonyl (C=O) groups excluding carboxylic acids is 1. The molecule has 3 N–H and O–H groups in total. The molecule has 0 radical (unpaired) electrons. The second-order valence-electron chi connectivity index (χ2n) is 3.14. The molecule has 0 aliphatic heterocycles. The zero-order chi connectivity index (χ0) is 13.0. The number of carbonyl (C=O) groups is 1. The SMILES string of the molecule is C=CC(=O)Nc1cc(B(O)O)cc([N+](=O)[O-])c1. The minimum absolute atomic E-state index is 0.0847. The van der Waals surface area contributed by atoms with Crippen molar-refractivity contribution in [1.82, 2.24) is 0 Å². The molecule has 0 bridgehead atoms. The number of anilines is 1. The van der Waals surface area contributed by atoms with E-state index < -0.39 is 17.9 Å². The molecule has 0 aliphatic carbocycles. The number of non-ortho nitro benzene ring substituents is 1. The Morgan fingerprint density at radius 2 is 2.12 bits per heavy atom. The molecular formula is C9H9BN2O5. The maximum absolute atomic E-state index is 11.0. The zero-order valence-corrected chi connectivity index (χ0v) is 8.66.